The molecule has 1 aliphatic rings. The zero-order chi connectivity index (χ0) is 21.1. The normalized spacial score (nSPS) is 13.4. The predicted molar refractivity (Wildman–Crippen MR) is 128 cm³/mol. The molecule has 0 radical (unpaired) electrons. The molecule has 0 atom stereocenters. The molecule has 2 heterocycles. The lowest BCUT2D eigenvalue weighted by Crippen LogP contribution is -2.07. The summed E-state index contributed by atoms with van der Waals surface area (Å²) >= 11 is 0. The smallest absolute Gasteiger partial charge is 0.145 e. The first-order chi connectivity index (χ1) is 14.7. The third-order valence-corrected chi connectivity index (χ3v) is 5.70. The van der Waals surface area contributed by atoms with E-state index in [0.29, 0.717) is 6.54 Å². The molecular formula is C26H29N3O. The highest BCUT2D eigenvalue weighted by Gasteiger charge is 2.19. The molecule has 0 saturated carbocycles. The number of fused-ring (bicyclic) bond motifs is 1. The molecule has 4 heteroatoms. The molecule has 1 aliphatic heterocycles. The fraction of sp³-hybridized carbons (Fsp3) is 0.308. The maximum atomic E-state index is 5.82. The minimum Gasteiger partial charge on any atom is -0.494 e. The molecule has 2 aromatic carbocycles. The topological polar surface area (TPSA) is 46.5 Å². The maximum Gasteiger partial charge on any atom is 0.145 e. The first-order valence-corrected chi connectivity index (χ1v) is 10.7. The van der Waals surface area contributed by atoms with Crippen LogP contribution in [0.15, 0.2) is 47.5 Å². The summed E-state index contributed by atoms with van der Waals surface area (Å²) in [5, 5.41) is 4.68. The van der Waals surface area contributed by atoms with Crippen LogP contribution in [-0.4, -0.2) is 31.4 Å². The molecule has 0 amide bonds. The van der Waals surface area contributed by atoms with E-state index in [2.05, 4.69) is 73.6 Å². The highest BCUT2D eigenvalue weighted by Crippen LogP contribution is 2.39. The number of allylic oxidation sites excluding steroid dienone is 1. The average Bonchev–Trinajstić information content (AvgIpc) is 2.80. The number of dihydropyridines is 1. The summed E-state index contributed by atoms with van der Waals surface area (Å²) in [7, 11) is 1.72. The van der Waals surface area contributed by atoms with Gasteiger partial charge in [-0.15, -0.1) is 0 Å². The fourth-order valence-electron chi connectivity index (χ4n) is 4.11. The second-order valence-corrected chi connectivity index (χ2v) is 7.61. The van der Waals surface area contributed by atoms with Crippen LogP contribution >= 0.6 is 0 Å². The van der Waals surface area contributed by atoms with Crippen molar-refractivity contribution in [3.05, 3.63) is 59.3 Å². The number of pyridine rings is 1. The lowest BCUT2D eigenvalue weighted by Gasteiger charge is -2.20. The Bertz CT molecular complexity index is 1140. The average molecular weight is 400 g/mol. The van der Waals surface area contributed by atoms with Crippen LogP contribution in [0, 0.1) is 6.92 Å². The van der Waals surface area contributed by atoms with E-state index in [1.165, 1.54) is 16.7 Å². The number of rotatable bonds is 6. The quantitative estimate of drug-likeness (QED) is 0.547. The molecular weight excluding hydrogens is 370 g/mol. The molecule has 0 bridgehead atoms. The SMILES string of the molecule is CCNc1c(C)c(C2=CCC=NC2)nc2c(OC)cc(-c3cccc(CC)c3)cc12. The number of aliphatic imine (C=N–C) groups is 1. The zero-order valence-corrected chi connectivity index (χ0v) is 18.2. The van der Waals surface area contributed by atoms with Crippen molar-refractivity contribution in [3.8, 4) is 16.9 Å². The van der Waals surface area contributed by atoms with Crippen LogP contribution in [-0.2, 0) is 6.42 Å². The third-order valence-electron chi connectivity index (χ3n) is 5.70. The minimum atomic E-state index is 0.676. The maximum absolute atomic E-state index is 5.82. The molecule has 1 aromatic heterocycles. The number of aryl methyl sites for hydroxylation is 1. The molecule has 3 aromatic rings. The standard InChI is InChI=1S/C26H29N3O/c1-5-18-9-7-10-19(13-18)21-14-22-25(28-6-2)17(3)24(20-11-8-12-27-16-20)29-26(22)23(15-21)30-4/h7,9-15H,5-6,8,16H2,1-4H3,(H,28,29). The van der Waals surface area contributed by atoms with E-state index in [1.807, 2.05) is 6.21 Å². The third kappa shape index (κ3) is 3.70. The van der Waals surface area contributed by atoms with Crippen molar-refractivity contribution >= 4 is 28.4 Å². The van der Waals surface area contributed by atoms with E-state index in [1.54, 1.807) is 7.11 Å². The van der Waals surface area contributed by atoms with E-state index in [0.717, 1.165) is 58.5 Å². The highest BCUT2D eigenvalue weighted by atomic mass is 16.5. The van der Waals surface area contributed by atoms with Crippen LogP contribution in [0.2, 0.25) is 0 Å². The van der Waals surface area contributed by atoms with Crippen molar-refractivity contribution in [2.24, 2.45) is 4.99 Å². The van der Waals surface area contributed by atoms with Crippen molar-refractivity contribution < 1.29 is 4.74 Å². The summed E-state index contributed by atoms with van der Waals surface area (Å²) in [6.07, 6.45) is 6.06. The number of hydrogen-bond donors (Lipinski definition) is 1. The van der Waals surface area contributed by atoms with Crippen molar-refractivity contribution in [1.29, 1.82) is 0 Å². The first kappa shape index (κ1) is 20.1. The summed E-state index contributed by atoms with van der Waals surface area (Å²) in [5.74, 6) is 0.796. The summed E-state index contributed by atoms with van der Waals surface area (Å²) in [4.78, 5) is 9.53. The van der Waals surface area contributed by atoms with Crippen LogP contribution in [0.5, 0.6) is 5.75 Å². The van der Waals surface area contributed by atoms with E-state index < -0.39 is 0 Å². The first-order valence-electron chi connectivity index (χ1n) is 10.7. The van der Waals surface area contributed by atoms with Gasteiger partial charge in [0.15, 0.2) is 0 Å². The van der Waals surface area contributed by atoms with Gasteiger partial charge in [-0.2, -0.15) is 0 Å². The minimum absolute atomic E-state index is 0.676. The van der Waals surface area contributed by atoms with Gasteiger partial charge in [0.2, 0.25) is 0 Å². The number of aromatic nitrogens is 1. The second kappa shape index (κ2) is 8.70. The fourth-order valence-corrected chi connectivity index (χ4v) is 4.11. The summed E-state index contributed by atoms with van der Waals surface area (Å²) < 4.78 is 5.82. The van der Waals surface area contributed by atoms with Gasteiger partial charge < -0.3 is 10.1 Å². The van der Waals surface area contributed by atoms with Gasteiger partial charge in [-0.3, -0.25) is 4.99 Å². The number of hydrogen-bond acceptors (Lipinski definition) is 4. The van der Waals surface area contributed by atoms with Gasteiger partial charge in [-0.25, -0.2) is 4.98 Å². The highest BCUT2D eigenvalue weighted by molar-refractivity contribution is 6.01. The number of ether oxygens (including phenoxy) is 1. The Morgan fingerprint density at radius 2 is 1.97 bits per heavy atom. The largest absolute Gasteiger partial charge is 0.494 e. The van der Waals surface area contributed by atoms with Gasteiger partial charge in [0, 0.05) is 30.3 Å². The van der Waals surface area contributed by atoms with E-state index >= 15 is 0 Å². The Balaban J connectivity index is 1.97. The van der Waals surface area contributed by atoms with Crippen LogP contribution in [0.4, 0.5) is 5.69 Å². The summed E-state index contributed by atoms with van der Waals surface area (Å²) in [6, 6.07) is 13.1. The molecule has 1 N–H and O–H groups in total. The van der Waals surface area contributed by atoms with Crippen LogP contribution in [0.3, 0.4) is 0 Å². The van der Waals surface area contributed by atoms with Gasteiger partial charge in [0.05, 0.1) is 19.3 Å². The van der Waals surface area contributed by atoms with Crippen molar-refractivity contribution in [2.45, 2.75) is 33.6 Å². The number of benzene rings is 2. The van der Waals surface area contributed by atoms with Gasteiger partial charge in [0.1, 0.15) is 11.3 Å². The zero-order valence-electron chi connectivity index (χ0n) is 18.2. The molecule has 0 saturated heterocycles. The summed E-state index contributed by atoms with van der Waals surface area (Å²) in [6.45, 7) is 7.98. The monoisotopic (exact) mass is 399 g/mol. The Labute approximate surface area is 178 Å². The van der Waals surface area contributed by atoms with Crippen LogP contribution in [0.25, 0.3) is 27.6 Å². The van der Waals surface area contributed by atoms with Crippen LogP contribution < -0.4 is 10.1 Å². The Kier molecular flexibility index (Phi) is 5.84. The van der Waals surface area contributed by atoms with Gasteiger partial charge >= 0.3 is 0 Å². The number of methoxy groups -OCH3 is 1. The molecule has 154 valence electrons. The van der Waals surface area contributed by atoms with E-state index in [9.17, 15) is 0 Å². The molecule has 30 heavy (non-hydrogen) atoms. The lowest BCUT2D eigenvalue weighted by molar-refractivity contribution is 0.419. The molecule has 4 nitrogen and oxygen atoms in total. The molecule has 0 spiro atoms. The second-order valence-electron chi connectivity index (χ2n) is 7.61. The Morgan fingerprint density at radius 1 is 1.10 bits per heavy atom. The number of anilines is 1. The number of nitrogens with zero attached hydrogens (tertiary/aromatic N) is 2. The van der Waals surface area contributed by atoms with Gasteiger partial charge in [0.25, 0.3) is 0 Å². The Morgan fingerprint density at radius 3 is 2.67 bits per heavy atom. The van der Waals surface area contributed by atoms with Gasteiger partial charge in [-0.1, -0.05) is 37.3 Å². The molecule has 0 aliphatic carbocycles. The molecule has 0 unspecified atom stereocenters. The number of nitrogens with one attached hydrogen (secondary N) is 1. The predicted octanol–water partition coefficient (Wildman–Crippen LogP) is 6.07. The van der Waals surface area contributed by atoms with Crippen molar-refractivity contribution in [1.82, 2.24) is 4.98 Å². The van der Waals surface area contributed by atoms with Crippen molar-refractivity contribution in [2.75, 3.05) is 25.5 Å². The van der Waals surface area contributed by atoms with E-state index in [-0.39, 0.29) is 0 Å². The lowest BCUT2D eigenvalue weighted by atomic mass is 9.96. The summed E-state index contributed by atoms with van der Waals surface area (Å²) in [5.41, 5.74) is 9.03. The Hall–Kier alpha value is -3.14. The molecule has 0 fully saturated rings. The van der Waals surface area contributed by atoms with Crippen LogP contribution in [0.1, 0.15) is 37.1 Å². The molecule has 4 rings (SSSR count). The van der Waals surface area contributed by atoms with Gasteiger partial charge in [-0.05, 0) is 60.2 Å². The van der Waals surface area contributed by atoms with Crippen molar-refractivity contribution in [3.63, 3.8) is 0 Å². The van der Waals surface area contributed by atoms with E-state index in [4.69, 9.17) is 9.72 Å².